The van der Waals surface area contributed by atoms with Crippen LogP contribution in [0.25, 0.3) is 10.2 Å². The first-order chi connectivity index (χ1) is 15.5. The molecule has 0 spiro atoms. The van der Waals surface area contributed by atoms with Crippen LogP contribution in [0.15, 0.2) is 42.5 Å². The number of para-hydroxylation sites is 1. The average Bonchev–Trinajstić information content (AvgIpc) is 3.42. The lowest BCUT2D eigenvalue weighted by Gasteiger charge is -2.33. The summed E-state index contributed by atoms with van der Waals surface area (Å²) in [7, 11) is 1.60. The maximum atomic E-state index is 13.4. The van der Waals surface area contributed by atoms with Gasteiger partial charge in [-0.1, -0.05) is 18.2 Å². The molecule has 5 rings (SSSR count). The zero-order valence-corrected chi connectivity index (χ0v) is 19.2. The van der Waals surface area contributed by atoms with Crippen molar-refractivity contribution in [2.24, 2.45) is 5.92 Å². The van der Waals surface area contributed by atoms with Crippen LogP contribution in [-0.4, -0.2) is 48.4 Å². The van der Waals surface area contributed by atoms with E-state index in [1.54, 1.807) is 23.3 Å². The maximum Gasteiger partial charge on any atom is 0.228 e. The number of anilines is 1. The Balaban J connectivity index is 1.31. The molecule has 2 aliphatic heterocycles. The molecule has 2 aliphatic rings. The van der Waals surface area contributed by atoms with Gasteiger partial charge in [0, 0.05) is 32.0 Å². The predicted molar refractivity (Wildman–Crippen MR) is 126 cm³/mol. The van der Waals surface area contributed by atoms with Crippen LogP contribution in [0.3, 0.4) is 0 Å². The van der Waals surface area contributed by atoms with Crippen molar-refractivity contribution in [3.63, 3.8) is 0 Å². The first-order valence-corrected chi connectivity index (χ1v) is 11.9. The highest BCUT2D eigenvalue weighted by atomic mass is 32.1. The Morgan fingerprint density at radius 1 is 1.19 bits per heavy atom. The van der Waals surface area contributed by atoms with Crippen LogP contribution in [-0.2, 0) is 9.59 Å². The summed E-state index contributed by atoms with van der Waals surface area (Å²) in [5.41, 5.74) is 2.83. The van der Waals surface area contributed by atoms with Crippen LogP contribution in [0.2, 0.25) is 0 Å². The van der Waals surface area contributed by atoms with Crippen LogP contribution >= 0.6 is 11.3 Å². The van der Waals surface area contributed by atoms with E-state index in [2.05, 4.69) is 6.07 Å². The van der Waals surface area contributed by atoms with Gasteiger partial charge in [-0.25, -0.2) is 4.98 Å². The quantitative estimate of drug-likeness (QED) is 0.593. The van der Waals surface area contributed by atoms with Gasteiger partial charge in [0.15, 0.2) is 0 Å². The number of amides is 2. The second-order valence-corrected chi connectivity index (χ2v) is 9.79. The van der Waals surface area contributed by atoms with E-state index >= 15 is 0 Å². The Morgan fingerprint density at radius 3 is 2.84 bits per heavy atom. The number of ether oxygens (including phenoxy) is 1. The summed E-state index contributed by atoms with van der Waals surface area (Å²) in [5.74, 6) is 0.660. The van der Waals surface area contributed by atoms with Gasteiger partial charge < -0.3 is 14.5 Å². The summed E-state index contributed by atoms with van der Waals surface area (Å²) in [6.45, 7) is 3.82. The van der Waals surface area contributed by atoms with E-state index in [4.69, 9.17) is 9.72 Å². The summed E-state index contributed by atoms with van der Waals surface area (Å²) in [4.78, 5) is 34.7. The maximum absolute atomic E-state index is 13.4. The zero-order valence-electron chi connectivity index (χ0n) is 18.4. The number of hydrogen-bond donors (Lipinski definition) is 0. The molecule has 2 aromatic carbocycles. The third-order valence-corrected chi connectivity index (χ3v) is 7.69. The van der Waals surface area contributed by atoms with Crippen molar-refractivity contribution in [2.45, 2.75) is 32.1 Å². The summed E-state index contributed by atoms with van der Waals surface area (Å²) in [5, 5.41) is 1.11. The standard InChI is InChI=1S/C25H27N3O3S/c1-16-9-10-21(31-2)20(12-16)28-15-18(13-23(28)29)25(30)27-11-5-6-17(14-27)24-26-19-7-3-4-8-22(19)32-24/h3-4,7-10,12,17-18H,5-6,11,13-15H2,1-2H3/t17-,18+/m1/s1. The molecule has 1 aromatic heterocycles. The van der Waals surface area contributed by atoms with Crippen LogP contribution in [0.4, 0.5) is 5.69 Å². The number of aryl methyl sites for hydroxylation is 1. The molecule has 7 heteroatoms. The van der Waals surface area contributed by atoms with Crippen molar-refractivity contribution >= 4 is 39.1 Å². The highest BCUT2D eigenvalue weighted by Gasteiger charge is 2.39. The number of aromatic nitrogens is 1. The second kappa shape index (κ2) is 8.54. The number of hydrogen-bond acceptors (Lipinski definition) is 5. The molecule has 3 aromatic rings. The van der Waals surface area contributed by atoms with Crippen molar-refractivity contribution < 1.29 is 14.3 Å². The highest BCUT2D eigenvalue weighted by molar-refractivity contribution is 7.18. The van der Waals surface area contributed by atoms with Crippen LogP contribution in [0, 0.1) is 12.8 Å². The molecule has 166 valence electrons. The lowest BCUT2D eigenvalue weighted by Crippen LogP contribution is -2.43. The number of carbonyl (C=O) groups is 2. The van der Waals surface area contributed by atoms with E-state index in [9.17, 15) is 9.59 Å². The van der Waals surface area contributed by atoms with Gasteiger partial charge in [-0.15, -0.1) is 11.3 Å². The van der Waals surface area contributed by atoms with Crippen molar-refractivity contribution in [1.29, 1.82) is 0 Å². The first-order valence-electron chi connectivity index (χ1n) is 11.1. The Hall–Kier alpha value is -2.93. The number of carbonyl (C=O) groups excluding carboxylic acids is 2. The Bertz CT molecular complexity index is 1140. The number of fused-ring (bicyclic) bond motifs is 1. The molecule has 2 fully saturated rings. The number of methoxy groups -OCH3 is 1. The summed E-state index contributed by atoms with van der Waals surface area (Å²) < 4.78 is 6.66. The molecule has 3 heterocycles. The number of nitrogens with zero attached hydrogens (tertiary/aromatic N) is 3. The number of thiazole rings is 1. The summed E-state index contributed by atoms with van der Waals surface area (Å²) in [6, 6.07) is 14.0. The van der Waals surface area contributed by atoms with E-state index < -0.39 is 0 Å². The molecule has 32 heavy (non-hydrogen) atoms. The minimum absolute atomic E-state index is 0.0213. The van der Waals surface area contributed by atoms with Crippen molar-refractivity contribution in [3.05, 3.63) is 53.0 Å². The number of likely N-dealkylation sites (tertiary alicyclic amines) is 1. The molecular weight excluding hydrogens is 422 g/mol. The number of piperidine rings is 1. The lowest BCUT2D eigenvalue weighted by atomic mass is 9.96. The Morgan fingerprint density at radius 2 is 2.03 bits per heavy atom. The fourth-order valence-corrected chi connectivity index (χ4v) is 5.91. The molecule has 2 atom stereocenters. The normalized spacial score (nSPS) is 21.4. The fourth-order valence-electron chi connectivity index (χ4n) is 4.82. The lowest BCUT2D eigenvalue weighted by molar-refractivity contribution is -0.137. The molecule has 0 N–H and O–H groups in total. The van der Waals surface area contributed by atoms with E-state index in [0.29, 0.717) is 18.8 Å². The van der Waals surface area contributed by atoms with E-state index in [1.807, 2.05) is 48.2 Å². The van der Waals surface area contributed by atoms with Crippen molar-refractivity contribution in [3.8, 4) is 5.75 Å². The average molecular weight is 450 g/mol. The molecule has 0 radical (unpaired) electrons. The van der Waals surface area contributed by atoms with Gasteiger partial charge in [0.2, 0.25) is 11.8 Å². The number of rotatable bonds is 4. The summed E-state index contributed by atoms with van der Waals surface area (Å²) in [6.07, 6.45) is 2.25. The smallest absolute Gasteiger partial charge is 0.228 e. The van der Waals surface area contributed by atoms with Gasteiger partial charge in [0.25, 0.3) is 0 Å². The minimum atomic E-state index is -0.318. The van der Waals surface area contributed by atoms with Crippen LogP contribution in [0.5, 0.6) is 5.75 Å². The molecule has 0 saturated carbocycles. The van der Waals surface area contributed by atoms with Crippen LogP contribution < -0.4 is 9.64 Å². The topological polar surface area (TPSA) is 62.7 Å². The fraction of sp³-hybridized carbons (Fsp3) is 0.400. The number of benzene rings is 2. The van der Waals surface area contributed by atoms with Gasteiger partial charge in [-0.2, -0.15) is 0 Å². The van der Waals surface area contributed by atoms with Gasteiger partial charge in [-0.05, 0) is 49.6 Å². The van der Waals surface area contributed by atoms with Crippen molar-refractivity contribution in [2.75, 3.05) is 31.6 Å². The third kappa shape index (κ3) is 3.86. The third-order valence-electron chi connectivity index (χ3n) is 6.49. The van der Waals surface area contributed by atoms with Gasteiger partial charge in [0.05, 0.1) is 33.9 Å². The molecule has 0 bridgehead atoms. The molecule has 2 saturated heterocycles. The second-order valence-electron chi connectivity index (χ2n) is 8.72. The molecule has 0 unspecified atom stereocenters. The SMILES string of the molecule is COc1ccc(C)cc1N1C[C@@H](C(=O)N2CCC[C@@H](c3nc4ccccc4s3)C2)CC1=O. The largest absolute Gasteiger partial charge is 0.495 e. The van der Waals surface area contributed by atoms with Gasteiger partial charge in [0.1, 0.15) is 5.75 Å². The van der Waals surface area contributed by atoms with Crippen LogP contribution in [0.1, 0.15) is 35.8 Å². The Kier molecular flexibility index (Phi) is 5.59. The molecule has 2 amide bonds. The van der Waals surface area contributed by atoms with E-state index in [0.717, 1.165) is 41.2 Å². The molecule has 6 nitrogen and oxygen atoms in total. The predicted octanol–water partition coefficient (Wildman–Crippen LogP) is 4.37. The minimum Gasteiger partial charge on any atom is -0.495 e. The van der Waals surface area contributed by atoms with Gasteiger partial charge >= 0.3 is 0 Å². The zero-order chi connectivity index (χ0) is 22.2. The molecule has 0 aliphatic carbocycles. The van der Waals surface area contributed by atoms with Crippen molar-refractivity contribution in [1.82, 2.24) is 9.88 Å². The summed E-state index contributed by atoms with van der Waals surface area (Å²) >= 11 is 1.73. The monoisotopic (exact) mass is 449 g/mol. The van der Waals surface area contributed by atoms with E-state index in [-0.39, 0.29) is 30.1 Å². The first kappa shape index (κ1) is 20.9. The Labute approximate surface area is 191 Å². The molecular formula is C25H27N3O3S. The van der Waals surface area contributed by atoms with E-state index in [1.165, 1.54) is 4.70 Å². The highest BCUT2D eigenvalue weighted by Crippen LogP contribution is 2.36. The van der Waals surface area contributed by atoms with Gasteiger partial charge in [-0.3, -0.25) is 9.59 Å².